The first-order chi connectivity index (χ1) is 8.05. The highest BCUT2D eigenvalue weighted by Gasteiger charge is 2.28. The molecule has 1 fully saturated rings. The summed E-state index contributed by atoms with van der Waals surface area (Å²) in [6.07, 6.45) is 1.68. The van der Waals surface area contributed by atoms with Gasteiger partial charge in [-0.1, -0.05) is 44.2 Å². The maximum absolute atomic E-state index is 9.88. The lowest BCUT2D eigenvalue weighted by molar-refractivity contribution is 0.121. The molecule has 1 aromatic carbocycles. The van der Waals surface area contributed by atoms with Gasteiger partial charge in [0.25, 0.3) is 0 Å². The highest BCUT2D eigenvalue weighted by atomic mass is 16.3. The largest absolute Gasteiger partial charge is 0.393 e. The van der Waals surface area contributed by atoms with Gasteiger partial charge in [-0.25, -0.2) is 0 Å². The Hall–Kier alpha value is -0.860. The lowest BCUT2D eigenvalue weighted by Crippen LogP contribution is -2.32. The van der Waals surface area contributed by atoms with E-state index in [2.05, 4.69) is 49.1 Å². The van der Waals surface area contributed by atoms with E-state index in [9.17, 15) is 5.11 Å². The van der Waals surface area contributed by atoms with E-state index in [0.717, 1.165) is 32.5 Å². The third kappa shape index (κ3) is 3.83. The molecule has 1 saturated heterocycles. The van der Waals surface area contributed by atoms with Crippen molar-refractivity contribution in [3.05, 3.63) is 35.9 Å². The molecule has 0 bridgehead atoms. The van der Waals surface area contributed by atoms with Crippen LogP contribution in [0, 0.1) is 5.41 Å². The summed E-state index contributed by atoms with van der Waals surface area (Å²) >= 11 is 0. The third-order valence-corrected chi connectivity index (χ3v) is 3.47. The van der Waals surface area contributed by atoms with Crippen molar-refractivity contribution in [1.29, 1.82) is 0 Å². The molecule has 1 unspecified atom stereocenters. The first-order valence-corrected chi connectivity index (χ1v) is 6.49. The Morgan fingerprint density at radius 3 is 2.71 bits per heavy atom. The van der Waals surface area contributed by atoms with Crippen molar-refractivity contribution in [2.24, 2.45) is 5.41 Å². The zero-order chi connectivity index (χ0) is 12.3. The van der Waals surface area contributed by atoms with Crippen LogP contribution in [0.4, 0.5) is 0 Å². The lowest BCUT2D eigenvalue weighted by atomic mass is 9.87. The SMILES string of the molecule is CC1(C)CC(O)CCN(Cc2ccccc2)C1. The summed E-state index contributed by atoms with van der Waals surface area (Å²) < 4.78 is 0. The molecular weight excluding hydrogens is 210 g/mol. The molecule has 0 saturated carbocycles. The summed E-state index contributed by atoms with van der Waals surface area (Å²) in [6, 6.07) is 10.6. The number of hydrogen-bond acceptors (Lipinski definition) is 2. The minimum Gasteiger partial charge on any atom is -0.393 e. The second kappa shape index (κ2) is 5.19. The zero-order valence-electron chi connectivity index (χ0n) is 10.9. The van der Waals surface area contributed by atoms with Crippen molar-refractivity contribution >= 4 is 0 Å². The summed E-state index contributed by atoms with van der Waals surface area (Å²) in [5, 5.41) is 9.88. The van der Waals surface area contributed by atoms with Gasteiger partial charge < -0.3 is 5.11 Å². The monoisotopic (exact) mass is 233 g/mol. The number of hydrogen-bond donors (Lipinski definition) is 1. The van der Waals surface area contributed by atoms with Crippen molar-refractivity contribution < 1.29 is 5.11 Å². The topological polar surface area (TPSA) is 23.5 Å². The van der Waals surface area contributed by atoms with Gasteiger partial charge in [0.2, 0.25) is 0 Å². The Kier molecular flexibility index (Phi) is 3.85. The molecule has 1 aliphatic rings. The molecule has 1 N–H and O–H groups in total. The van der Waals surface area contributed by atoms with Gasteiger partial charge in [0.1, 0.15) is 0 Å². The van der Waals surface area contributed by atoms with Crippen molar-refractivity contribution in [2.45, 2.75) is 39.3 Å². The van der Waals surface area contributed by atoms with Crippen molar-refractivity contribution in [3.8, 4) is 0 Å². The fourth-order valence-electron chi connectivity index (χ4n) is 2.80. The quantitative estimate of drug-likeness (QED) is 0.849. The number of nitrogens with zero attached hydrogens (tertiary/aromatic N) is 1. The van der Waals surface area contributed by atoms with Gasteiger partial charge in [0.05, 0.1) is 6.10 Å². The van der Waals surface area contributed by atoms with Crippen LogP contribution in [0.2, 0.25) is 0 Å². The molecule has 0 aromatic heterocycles. The van der Waals surface area contributed by atoms with Crippen LogP contribution < -0.4 is 0 Å². The minimum atomic E-state index is -0.134. The third-order valence-electron chi connectivity index (χ3n) is 3.47. The maximum atomic E-state index is 9.88. The highest BCUT2D eigenvalue weighted by Crippen LogP contribution is 2.28. The van der Waals surface area contributed by atoms with Gasteiger partial charge in [-0.05, 0) is 23.8 Å². The van der Waals surface area contributed by atoms with Crippen molar-refractivity contribution in [2.75, 3.05) is 13.1 Å². The Morgan fingerprint density at radius 1 is 1.29 bits per heavy atom. The molecule has 1 atom stereocenters. The number of benzene rings is 1. The summed E-state index contributed by atoms with van der Waals surface area (Å²) in [7, 11) is 0. The molecule has 2 heteroatoms. The average molecular weight is 233 g/mol. The van der Waals surface area contributed by atoms with E-state index in [1.165, 1.54) is 5.56 Å². The summed E-state index contributed by atoms with van der Waals surface area (Å²) in [6.45, 7) is 7.56. The van der Waals surface area contributed by atoms with E-state index in [0.29, 0.717) is 0 Å². The number of aliphatic hydroxyl groups excluding tert-OH is 1. The summed E-state index contributed by atoms with van der Waals surface area (Å²) in [5.74, 6) is 0. The Morgan fingerprint density at radius 2 is 2.00 bits per heavy atom. The predicted molar refractivity (Wildman–Crippen MR) is 70.7 cm³/mol. The molecule has 0 spiro atoms. The highest BCUT2D eigenvalue weighted by molar-refractivity contribution is 5.14. The van der Waals surface area contributed by atoms with Gasteiger partial charge in [-0.15, -0.1) is 0 Å². The van der Waals surface area contributed by atoms with Crippen LogP contribution in [-0.2, 0) is 6.54 Å². The van der Waals surface area contributed by atoms with E-state index in [1.807, 2.05) is 0 Å². The maximum Gasteiger partial charge on any atom is 0.0558 e. The smallest absolute Gasteiger partial charge is 0.0558 e. The minimum absolute atomic E-state index is 0.134. The van der Waals surface area contributed by atoms with Crippen LogP contribution in [-0.4, -0.2) is 29.2 Å². The molecule has 0 amide bonds. The lowest BCUT2D eigenvalue weighted by Gasteiger charge is -2.29. The van der Waals surface area contributed by atoms with Crippen LogP contribution >= 0.6 is 0 Å². The molecule has 2 rings (SSSR count). The van der Waals surface area contributed by atoms with Gasteiger partial charge in [-0.2, -0.15) is 0 Å². The molecule has 17 heavy (non-hydrogen) atoms. The van der Waals surface area contributed by atoms with E-state index in [-0.39, 0.29) is 11.5 Å². The predicted octanol–water partition coefficient (Wildman–Crippen LogP) is 2.67. The van der Waals surface area contributed by atoms with Crippen LogP contribution in [0.5, 0.6) is 0 Å². The molecule has 94 valence electrons. The first-order valence-electron chi connectivity index (χ1n) is 6.49. The van der Waals surface area contributed by atoms with Crippen LogP contribution in [0.25, 0.3) is 0 Å². The molecule has 1 aromatic rings. The van der Waals surface area contributed by atoms with E-state index in [1.54, 1.807) is 0 Å². The molecule has 0 radical (unpaired) electrons. The number of rotatable bonds is 2. The zero-order valence-corrected chi connectivity index (χ0v) is 10.9. The average Bonchev–Trinajstić information content (AvgIpc) is 2.38. The number of aliphatic hydroxyl groups is 1. The van der Waals surface area contributed by atoms with Crippen LogP contribution in [0.15, 0.2) is 30.3 Å². The first kappa shape index (κ1) is 12.6. The van der Waals surface area contributed by atoms with Crippen LogP contribution in [0.1, 0.15) is 32.3 Å². The Bertz CT molecular complexity index is 347. The Labute approximate surface area is 104 Å². The molecular formula is C15H23NO. The molecule has 0 aliphatic carbocycles. The van der Waals surface area contributed by atoms with E-state index in [4.69, 9.17) is 0 Å². The molecule has 1 aliphatic heterocycles. The summed E-state index contributed by atoms with van der Waals surface area (Å²) in [4.78, 5) is 2.46. The fraction of sp³-hybridized carbons (Fsp3) is 0.600. The van der Waals surface area contributed by atoms with Crippen molar-refractivity contribution in [3.63, 3.8) is 0 Å². The number of likely N-dealkylation sites (tertiary alicyclic amines) is 1. The van der Waals surface area contributed by atoms with Crippen molar-refractivity contribution in [1.82, 2.24) is 4.90 Å². The van der Waals surface area contributed by atoms with Gasteiger partial charge in [0.15, 0.2) is 0 Å². The Balaban J connectivity index is 2.01. The van der Waals surface area contributed by atoms with E-state index >= 15 is 0 Å². The van der Waals surface area contributed by atoms with Gasteiger partial charge in [0, 0.05) is 19.6 Å². The normalized spacial score (nSPS) is 25.5. The fourth-order valence-corrected chi connectivity index (χ4v) is 2.80. The standard InChI is InChI=1S/C15H23NO/c1-15(2)10-14(17)8-9-16(12-15)11-13-6-4-3-5-7-13/h3-7,14,17H,8-12H2,1-2H3. The van der Waals surface area contributed by atoms with E-state index < -0.39 is 0 Å². The molecule has 1 heterocycles. The second-order valence-corrected chi connectivity index (χ2v) is 6.01. The summed E-state index contributed by atoms with van der Waals surface area (Å²) in [5.41, 5.74) is 1.57. The van der Waals surface area contributed by atoms with Gasteiger partial charge >= 0.3 is 0 Å². The second-order valence-electron chi connectivity index (χ2n) is 6.01. The van der Waals surface area contributed by atoms with Gasteiger partial charge in [-0.3, -0.25) is 4.90 Å². The van der Waals surface area contributed by atoms with Crippen LogP contribution in [0.3, 0.4) is 0 Å². The molecule has 2 nitrogen and oxygen atoms in total.